The molecule has 0 aromatic heterocycles. The first-order valence-corrected chi connectivity index (χ1v) is 5.30. The lowest BCUT2D eigenvalue weighted by Gasteiger charge is -2.21. The van der Waals surface area contributed by atoms with E-state index in [1.54, 1.807) is 0 Å². The van der Waals surface area contributed by atoms with Gasteiger partial charge in [-0.3, -0.25) is 5.41 Å². The van der Waals surface area contributed by atoms with Gasteiger partial charge in [0.25, 0.3) is 0 Å². The van der Waals surface area contributed by atoms with Gasteiger partial charge in [-0.05, 0) is 18.6 Å². The van der Waals surface area contributed by atoms with Crippen LogP contribution in [0.2, 0.25) is 0 Å². The lowest BCUT2D eigenvalue weighted by atomic mass is 10.0. The minimum absolute atomic E-state index is 0.0443. The Morgan fingerprint density at radius 2 is 2.06 bits per heavy atom. The summed E-state index contributed by atoms with van der Waals surface area (Å²) in [5.74, 6) is 0.512. The van der Waals surface area contributed by atoms with Crippen molar-refractivity contribution in [2.45, 2.75) is 13.0 Å². The molecule has 0 fully saturated rings. The van der Waals surface area contributed by atoms with Crippen LogP contribution in [0.4, 0.5) is 0 Å². The third-order valence-corrected chi connectivity index (χ3v) is 3.10. The fourth-order valence-electron chi connectivity index (χ4n) is 2.18. The number of fused-ring (bicyclic) bond motifs is 3. The van der Waals surface area contributed by atoms with E-state index in [0.717, 1.165) is 22.7 Å². The van der Waals surface area contributed by atoms with Crippen LogP contribution in [0.1, 0.15) is 6.92 Å². The average molecular weight is 228 g/mol. The van der Waals surface area contributed by atoms with Crippen molar-refractivity contribution in [3.8, 4) is 0 Å². The average Bonchev–Trinajstić information content (AvgIpc) is 2.74. The first kappa shape index (κ1) is 9.95. The highest BCUT2D eigenvalue weighted by atomic mass is 15.3. The van der Waals surface area contributed by atoms with Crippen molar-refractivity contribution < 1.29 is 0 Å². The normalized spacial score (nSPS) is 26.5. The fraction of sp³-hybridized carbons (Fsp3) is 0.273. The lowest BCUT2D eigenvalue weighted by Crippen LogP contribution is -2.43. The van der Waals surface area contributed by atoms with Gasteiger partial charge in [-0.15, -0.1) is 0 Å². The molecule has 86 valence electrons. The monoisotopic (exact) mass is 228 g/mol. The van der Waals surface area contributed by atoms with E-state index in [2.05, 4.69) is 15.0 Å². The second-order valence-corrected chi connectivity index (χ2v) is 4.21. The second kappa shape index (κ2) is 3.13. The van der Waals surface area contributed by atoms with Crippen LogP contribution in [0.25, 0.3) is 0 Å². The predicted octanol–water partition coefficient (Wildman–Crippen LogP) is 0.289. The summed E-state index contributed by atoms with van der Waals surface area (Å²) in [7, 11) is 1.87. The number of nitrogens with two attached hydrogens (primary N) is 1. The highest BCUT2D eigenvalue weighted by molar-refractivity contribution is 6.55. The summed E-state index contributed by atoms with van der Waals surface area (Å²) in [6, 6.07) is -0.120. The Morgan fingerprint density at radius 1 is 1.29 bits per heavy atom. The maximum atomic E-state index is 7.56. The molecule has 0 aromatic rings. The molecule has 3 N–H and O–H groups in total. The number of hydrogen-bond donors (Lipinski definition) is 2. The van der Waals surface area contributed by atoms with Gasteiger partial charge in [-0.1, -0.05) is 6.08 Å². The third-order valence-electron chi connectivity index (χ3n) is 3.10. The SMILES string of the molecule is CC1=CC=C2N=C(N)N(C)C2C2=NC(=N)N=C12. The van der Waals surface area contributed by atoms with Gasteiger partial charge in [0.05, 0.1) is 17.1 Å². The van der Waals surface area contributed by atoms with Gasteiger partial charge >= 0.3 is 0 Å². The quantitative estimate of drug-likeness (QED) is 0.624. The summed E-state index contributed by atoms with van der Waals surface area (Å²) in [4.78, 5) is 14.5. The van der Waals surface area contributed by atoms with Crippen LogP contribution < -0.4 is 5.73 Å². The number of nitrogens with zero attached hydrogens (tertiary/aromatic N) is 4. The van der Waals surface area contributed by atoms with Crippen LogP contribution in [-0.2, 0) is 0 Å². The summed E-state index contributed by atoms with van der Waals surface area (Å²) in [5, 5.41) is 7.56. The molecule has 1 atom stereocenters. The third kappa shape index (κ3) is 1.27. The zero-order valence-corrected chi connectivity index (χ0v) is 9.60. The molecule has 1 aliphatic carbocycles. The van der Waals surface area contributed by atoms with Gasteiger partial charge in [-0.25, -0.2) is 15.0 Å². The highest BCUT2D eigenvalue weighted by Gasteiger charge is 2.38. The van der Waals surface area contributed by atoms with Crippen LogP contribution >= 0.6 is 0 Å². The van der Waals surface area contributed by atoms with Gasteiger partial charge in [0, 0.05) is 7.05 Å². The Morgan fingerprint density at radius 3 is 2.82 bits per heavy atom. The van der Waals surface area contributed by atoms with Gasteiger partial charge < -0.3 is 10.6 Å². The van der Waals surface area contributed by atoms with Crippen molar-refractivity contribution in [2.24, 2.45) is 20.7 Å². The summed E-state index contributed by atoms with van der Waals surface area (Å²) in [5.41, 5.74) is 9.18. The number of allylic oxidation sites excluding steroid dienone is 3. The molecule has 1 unspecified atom stereocenters. The molecule has 0 saturated carbocycles. The minimum atomic E-state index is -0.120. The Hall–Kier alpha value is -2.24. The smallest absolute Gasteiger partial charge is 0.242 e. The number of nitrogens with one attached hydrogen (secondary N) is 1. The van der Waals surface area contributed by atoms with Crippen LogP contribution in [0.15, 0.2) is 38.4 Å². The first-order chi connectivity index (χ1) is 8.08. The van der Waals surface area contributed by atoms with Gasteiger partial charge in [0.1, 0.15) is 6.04 Å². The van der Waals surface area contributed by atoms with E-state index in [0.29, 0.717) is 5.96 Å². The summed E-state index contributed by atoms with van der Waals surface area (Å²) < 4.78 is 0. The van der Waals surface area contributed by atoms with E-state index in [9.17, 15) is 0 Å². The first-order valence-electron chi connectivity index (χ1n) is 5.30. The zero-order chi connectivity index (χ0) is 12.2. The Bertz CT molecular complexity index is 575. The molecule has 6 heteroatoms. The fourth-order valence-corrected chi connectivity index (χ4v) is 2.18. The number of rotatable bonds is 0. The second-order valence-electron chi connectivity index (χ2n) is 4.21. The molecule has 3 rings (SSSR count). The van der Waals surface area contributed by atoms with Gasteiger partial charge in [-0.2, -0.15) is 0 Å². The van der Waals surface area contributed by atoms with E-state index in [4.69, 9.17) is 11.1 Å². The van der Waals surface area contributed by atoms with Crippen LogP contribution in [0.5, 0.6) is 0 Å². The molecule has 2 heterocycles. The van der Waals surface area contributed by atoms with E-state index in [1.165, 1.54) is 0 Å². The molecule has 17 heavy (non-hydrogen) atoms. The Kier molecular flexibility index (Phi) is 1.83. The van der Waals surface area contributed by atoms with Crippen molar-refractivity contribution >= 4 is 23.3 Å². The summed E-state index contributed by atoms with van der Waals surface area (Å²) in [6.07, 6.45) is 3.88. The molecule has 0 aromatic carbocycles. The minimum Gasteiger partial charge on any atom is -0.369 e. The summed E-state index contributed by atoms with van der Waals surface area (Å²) in [6.45, 7) is 1.96. The predicted molar refractivity (Wildman–Crippen MR) is 67.6 cm³/mol. The van der Waals surface area contributed by atoms with Crippen molar-refractivity contribution in [1.29, 1.82) is 5.41 Å². The number of guanidine groups is 2. The van der Waals surface area contributed by atoms with Crippen LogP contribution in [0, 0.1) is 5.41 Å². The number of likely N-dealkylation sites (N-methyl/N-ethyl adjacent to an activating group) is 1. The molecule has 0 radical (unpaired) electrons. The summed E-state index contributed by atoms with van der Waals surface area (Å²) >= 11 is 0. The Balaban J connectivity index is 2.18. The van der Waals surface area contributed by atoms with Crippen molar-refractivity contribution in [3.05, 3.63) is 23.4 Å². The Labute approximate surface area is 98.5 Å². The van der Waals surface area contributed by atoms with E-state index < -0.39 is 0 Å². The molecule has 0 amide bonds. The van der Waals surface area contributed by atoms with E-state index in [1.807, 2.05) is 31.0 Å². The molecular weight excluding hydrogens is 216 g/mol. The number of aliphatic imine (C=N–C) groups is 3. The maximum Gasteiger partial charge on any atom is 0.242 e. The van der Waals surface area contributed by atoms with E-state index in [-0.39, 0.29) is 12.0 Å². The molecule has 2 aliphatic heterocycles. The number of hydrogen-bond acceptors (Lipinski definition) is 4. The van der Waals surface area contributed by atoms with Crippen molar-refractivity contribution in [2.75, 3.05) is 7.05 Å². The highest BCUT2D eigenvalue weighted by Crippen LogP contribution is 2.26. The topological polar surface area (TPSA) is 90.2 Å². The molecule has 6 nitrogen and oxygen atoms in total. The maximum absolute atomic E-state index is 7.56. The molecule has 0 saturated heterocycles. The lowest BCUT2D eigenvalue weighted by molar-refractivity contribution is 0.515. The van der Waals surface area contributed by atoms with Crippen LogP contribution in [0.3, 0.4) is 0 Å². The van der Waals surface area contributed by atoms with Crippen molar-refractivity contribution in [3.63, 3.8) is 0 Å². The van der Waals surface area contributed by atoms with E-state index >= 15 is 0 Å². The van der Waals surface area contributed by atoms with Crippen LogP contribution in [-0.4, -0.2) is 41.3 Å². The largest absolute Gasteiger partial charge is 0.369 e. The molecular formula is C11H12N6. The molecule has 0 bridgehead atoms. The molecule has 3 aliphatic rings. The van der Waals surface area contributed by atoms with Gasteiger partial charge in [0.15, 0.2) is 5.96 Å². The standard InChI is InChI=1S/C11H12N6/c1-5-3-4-6-9(17(2)11(13)14-6)8-7(5)15-10(12)16-8/h3-4,9,12H,1-2H3,(H2,13,14). The zero-order valence-electron chi connectivity index (χ0n) is 9.60. The van der Waals surface area contributed by atoms with Crippen molar-refractivity contribution in [1.82, 2.24) is 4.90 Å². The van der Waals surface area contributed by atoms with Gasteiger partial charge in [0.2, 0.25) is 5.96 Å². The molecule has 0 spiro atoms.